The fourth-order valence-corrected chi connectivity index (χ4v) is 3.20. The SMILES string of the molecule is COC(=O)c1ccc(CSc2nc3c([nH]2)c(=O)n(C)c(=O)n3C)cc1. The highest BCUT2D eigenvalue weighted by atomic mass is 32.2. The van der Waals surface area contributed by atoms with E-state index in [0.717, 1.165) is 10.1 Å². The predicted octanol–water partition coefficient (Wildman–Crippen LogP) is 1.04. The van der Waals surface area contributed by atoms with Crippen LogP contribution in [0.15, 0.2) is 39.0 Å². The molecule has 2 aromatic heterocycles. The van der Waals surface area contributed by atoms with E-state index in [1.165, 1.54) is 30.5 Å². The maximum absolute atomic E-state index is 12.1. The number of aromatic amines is 1. The summed E-state index contributed by atoms with van der Waals surface area (Å²) in [7, 11) is 4.34. The van der Waals surface area contributed by atoms with Crippen molar-refractivity contribution in [1.82, 2.24) is 19.1 Å². The molecule has 0 saturated carbocycles. The summed E-state index contributed by atoms with van der Waals surface area (Å²) in [5.74, 6) is 0.212. The van der Waals surface area contributed by atoms with Gasteiger partial charge in [-0.25, -0.2) is 14.6 Å². The van der Waals surface area contributed by atoms with E-state index in [4.69, 9.17) is 0 Å². The molecule has 0 bridgehead atoms. The zero-order valence-electron chi connectivity index (χ0n) is 13.9. The number of hydrogen-bond acceptors (Lipinski definition) is 6. The number of nitrogens with one attached hydrogen (secondary N) is 1. The fourth-order valence-electron chi connectivity index (χ4n) is 2.38. The monoisotopic (exact) mass is 360 g/mol. The van der Waals surface area contributed by atoms with Crippen LogP contribution in [-0.2, 0) is 24.6 Å². The van der Waals surface area contributed by atoms with Gasteiger partial charge in [-0.05, 0) is 17.7 Å². The van der Waals surface area contributed by atoms with Crippen LogP contribution < -0.4 is 11.2 Å². The summed E-state index contributed by atoms with van der Waals surface area (Å²) in [5.41, 5.74) is 1.28. The van der Waals surface area contributed by atoms with Crippen molar-refractivity contribution in [2.75, 3.05) is 7.11 Å². The first-order chi connectivity index (χ1) is 11.9. The Bertz CT molecular complexity index is 1060. The van der Waals surface area contributed by atoms with Crippen LogP contribution in [0.1, 0.15) is 15.9 Å². The highest BCUT2D eigenvalue weighted by Gasteiger charge is 2.13. The number of thioether (sulfide) groups is 1. The molecular formula is C16H16N4O4S. The Kier molecular flexibility index (Phi) is 4.49. The molecule has 0 unspecified atom stereocenters. The highest BCUT2D eigenvalue weighted by molar-refractivity contribution is 7.98. The van der Waals surface area contributed by atoms with Crippen molar-refractivity contribution in [3.8, 4) is 0 Å². The normalized spacial score (nSPS) is 11.0. The number of fused-ring (bicyclic) bond motifs is 1. The molecule has 0 amide bonds. The van der Waals surface area contributed by atoms with Crippen LogP contribution in [0.4, 0.5) is 0 Å². The van der Waals surface area contributed by atoms with Gasteiger partial charge in [0.1, 0.15) is 0 Å². The highest BCUT2D eigenvalue weighted by Crippen LogP contribution is 2.21. The number of methoxy groups -OCH3 is 1. The first-order valence-corrected chi connectivity index (χ1v) is 8.36. The number of imidazole rings is 1. The van der Waals surface area contributed by atoms with E-state index in [2.05, 4.69) is 14.7 Å². The lowest BCUT2D eigenvalue weighted by Gasteiger charge is -2.02. The number of aromatic nitrogens is 4. The number of H-pyrrole nitrogens is 1. The van der Waals surface area contributed by atoms with E-state index in [9.17, 15) is 14.4 Å². The van der Waals surface area contributed by atoms with Gasteiger partial charge < -0.3 is 9.72 Å². The van der Waals surface area contributed by atoms with Crippen LogP contribution in [-0.4, -0.2) is 32.2 Å². The quantitative estimate of drug-likeness (QED) is 0.551. The molecule has 0 spiro atoms. The zero-order valence-corrected chi connectivity index (χ0v) is 14.7. The van der Waals surface area contributed by atoms with Crippen molar-refractivity contribution < 1.29 is 9.53 Å². The van der Waals surface area contributed by atoms with Crippen LogP contribution in [0.2, 0.25) is 0 Å². The molecule has 0 fully saturated rings. The van der Waals surface area contributed by atoms with E-state index in [1.54, 1.807) is 19.2 Å². The Morgan fingerprint density at radius 3 is 2.52 bits per heavy atom. The van der Waals surface area contributed by atoms with Crippen LogP contribution in [0.5, 0.6) is 0 Å². The molecule has 9 heteroatoms. The van der Waals surface area contributed by atoms with Crippen molar-refractivity contribution in [2.45, 2.75) is 10.9 Å². The van der Waals surface area contributed by atoms with Crippen LogP contribution in [0.3, 0.4) is 0 Å². The molecular weight excluding hydrogens is 344 g/mol. The Labute approximate surface area is 146 Å². The summed E-state index contributed by atoms with van der Waals surface area (Å²) in [4.78, 5) is 42.8. The molecule has 0 aliphatic rings. The first-order valence-electron chi connectivity index (χ1n) is 7.38. The minimum Gasteiger partial charge on any atom is -0.465 e. The molecule has 0 radical (unpaired) electrons. The van der Waals surface area contributed by atoms with Crippen molar-refractivity contribution in [2.24, 2.45) is 14.1 Å². The van der Waals surface area contributed by atoms with Gasteiger partial charge in [0.15, 0.2) is 16.3 Å². The largest absolute Gasteiger partial charge is 0.465 e. The third kappa shape index (κ3) is 3.10. The number of rotatable bonds is 4. The lowest BCUT2D eigenvalue weighted by atomic mass is 10.1. The lowest BCUT2D eigenvalue weighted by molar-refractivity contribution is 0.0600. The second-order valence-electron chi connectivity index (χ2n) is 5.42. The fraction of sp³-hybridized carbons (Fsp3) is 0.250. The van der Waals surface area contributed by atoms with Crippen molar-refractivity contribution in [3.63, 3.8) is 0 Å². The van der Waals surface area contributed by atoms with Gasteiger partial charge in [0, 0.05) is 19.8 Å². The van der Waals surface area contributed by atoms with Gasteiger partial charge in [0.25, 0.3) is 5.56 Å². The van der Waals surface area contributed by atoms with E-state index in [1.807, 2.05) is 12.1 Å². The predicted molar refractivity (Wildman–Crippen MR) is 93.9 cm³/mol. The van der Waals surface area contributed by atoms with Gasteiger partial charge in [0.2, 0.25) is 0 Å². The molecule has 0 aliphatic carbocycles. The summed E-state index contributed by atoms with van der Waals surface area (Å²) >= 11 is 1.40. The summed E-state index contributed by atoms with van der Waals surface area (Å²) in [5, 5.41) is 0.547. The minimum atomic E-state index is -0.418. The summed E-state index contributed by atoms with van der Waals surface area (Å²) < 4.78 is 7.04. The molecule has 1 N–H and O–H groups in total. The lowest BCUT2D eigenvalue weighted by Crippen LogP contribution is -2.36. The average Bonchev–Trinajstić information content (AvgIpc) is 3.07. The standard InChI is InChI=1S/C16H16N4O4S/c1-19-12-11(13(21)20(2)16(19)23)17-15(18-12)25-8-9-4-6-10(7-5-9)14(22)24-3/h4-7H,8H2,1-3H3,(H,17,18). The third-order valence-corrected chi connectivity index (χ3v) is 4.77. The second kappa shape index (κ2) is 6.60. The number of nitrogens with zero attached hydrogens (tertiary/aromatic N) is 3. The number of esters is 1. The smallest absolute Gasteiger partial charge is 0.337 e. The first kappa shape index (κ1) is 17.0. The average molecular weight is 360 g/mol. The topological polar surface area (TPSA) is 99.0 Å². The molecule has 0 aliphatic heterocycles. The Balaban J connectivity index is 1.83. The molecule has 3 rings (SSSR count). The third-order valence-electron chi connectivity index (χ3n) is 3.82. The number of aryl methyl sites for hydroxylation is 1. The summed E-state index contributed by atoms with van der Waals surface area (Å²) in [6, 6.07) is 7.05. The summed E-state index contributed by atoms with van der Waals surface area (Å²) in [6.45, 7) is 0. The summed E-state index contributed by atoms with van der Waals surface area (Å²) in [6.07, 6.45) is 0. The number of benzene rings is 1. The number of ether oxygens (including phenoxy) is 1. The molecule has 25 heavy (non-hydrogen) atoms. The molecule has 0 atom stereocenters. The Hall–Kier alpha value is -2.81. The van der Waals surface area contributed by atoms with E-state index in [0.29, 0.717) is 27.6 Å². The minimum absolute atomic E-state index is 0.299. The van der Waals surface area contributed by atoms with Gasteiger partial charge in [-0.2, -0.15) is 0 Å². The molecule has 1 aromatic carbocycles. The molecule has 130 valence electrons. The van der Waals surface area contributed by atoms with Crippen LogP contribution in [0, 0.1) is 0 Å². The van der Waals surface area contributed by atoms with Gasteiger partial charge in [0.05, 0.1) is 12.7 Å². The second-order valence-corrected chi connectivity index (χ2v) is 6.39. The van der Waals surface area contributed by atoms with Crippen LogP contribution in [0.25, 0.3) is 11.2 Å². The van der Waals surface area contributed by atoms with Crippen molar-refractivity contribution in [3.05, 3.63) is 56.2 Å². The maximum atomic E-state index is 12.1. The molecule has 0 saturated heterocycles. The van der Waals surface area contributed by atoms with E-state index >= 15 is 0 Å². The van der Waals surface area contributed by atoms with Crippen molar-refractivity contribution in [1.29, 1.82) is 0 Å². The maximum Gasteiger partial charge on any atom is 0.337 e. The number of carbonyl (C=O) groups is 1. The van der Waals surface area contributed by atoms with Gasteiger partial charge >= 0.3 is 11.7 Å². The van der Waals surface area contributed by atoms with Gasteiger partial charge in [-0.1, -0.05) is 23.9 Å². The Morgan fingerprint density at radius 2 is 1.88 bits per heavy atom. The number of hydrogen-bond donors (Lipinski definition) is 1. The zero-order chi connectivity index (χ0) is 18.1. The van der Waals surface area contributed by atoms with Gasteiger partial charge in [-0.3, -0.25) is 13.9 Å². The molecule has 2 heterocycles. The molecule has 8 nitrogen and oxygen atoms in total. The van der Waals surface area contributed by atoms with Crippen LogP contribution >= 0.6 is 11.8 Å². The van der Waals surface area contributed by atoms with Crippen molar-refractivity contribution >= 4 is 28.9 Å². The molecule has 3 aromatic rings. The Morgan fingerprint density at radius 1 is 1.20 bits per heavy atom. The van der Waals surface area contributed by atoms with Gasteiger partial charge in [-0.15, -0.1) is 0 Å². The van der Waals surface area contributed by atoms with E-state index < -0.39 is 11.2 Å². The van der Waals surface area contributed by atoms with E-state index in [-0.39, 0.29) is 5.97 Å². The number of carbonyl (C=O) groups excluding carboxylic acids is 1.